The van der Waals surface area contributed by atoms with Gasteiger partial charge in [0.25, 0.3) is 0 Å². The Kier molecular flexibility index (Phi) is 5.53. The van der Waals surface area contributed by atoms with E-state index in [1.807, 2.05) is 48.5 Å². The Morgan fingerprint density at radius 2 is 0.949 bits per heavy atom. The molecule has 0 saturated heterocycles. The van der Waals surface area contributed by atoms with Crippen molar-refractivity contribution < 1.29 is 22.2 Å². The van der Waals surface area contributed by atoms with Gasteiger partial charge in [0.2, 0.25) is 0 Å². The van der Waals surface area contributed by atoms with E-state index in [0.29, 0.717) is 49.8 Å². The number of benzene rings is 9. The van der Waals surface area contributed by atoms with Crippen LogP contribution < -0.4 is 0 Å². The maximum Gasteiger partial charge on any atom is 0.143 e. The average molecular weight is 772 g/mol. The summed E-state index contributed by atoms with van der Waals surface area (Å²) in [4.78, 5) is 0. The summed E-state index contributed by atoms with van der Waals surface area (Å²) in [6, 6.07) is 26.1. The Bertz CT molecular complexity index is 3910. The number of hydrogen-bond acceptors (Lipinski definition) is 1. The van der Waals surface area contributed by atoms with Crippen LogP contribution in [0.1, 0.15) is 69.5 Å². The fourth-order valence-corrected chi connectivity index (χ4v) is 9.20. The van der Waals surface area contributed by atoms with Crippen LogP contribution in [0.15, 0.2) is 186 Å². The van der Waals surface area contributed by atoms with Crippen LogP contribution in [0.25, 0.3) is 99.1 Å². The van der Waals surface area contributed by atoms with Crippen molar-refractivity contribution in [3.05, 3.63) is 193 Å². The molecule has 0 bridgehead atoms. The molecule has 59 heavy (non-hydrogen) atoms. The van der Waals surface area contributed by atoms with Crippen LogP contribution in [-0.4, -0.2) is 0 Å². The minimum absolute atomic E-state index is 0.000846. The molecule has 1 nitrogen and oxygen atoms in total. The number of fused-ring (bicyclic) bond motifs is 5. The van der Waals surface area contributed by atoms with Crippen LogP contribution in [0.5, 0.6) is 0 Å². The molecule has 11 rings (SSSR count). The monoisotopic (exact) mass is 771 g/mol. The minimum Gasteiger partial charge on any atom is -0.455 e. The Morgan fingerprint density at radius 3 is 1.64 bits per heavy atom. The molecule has 0 saturated carbocycles. The van der Waals surface area contributed by atoms with Crippen molar-refractivity contribution in [2.24, 2.45) is 0 Å². The number of rotatable bonds is 5. The van der Waals surface area contributed by atoms with Crippen molar-refractivity contribution in [3.63, 3.8) is 0 Å². The summed E-state index contributed by atoms with van der Waals surface area (Å²) < 4.78 is 125. The van der Waals surface area contributed by atoms with E-state index < -0.39 is 66.5 Å². The maximum absolute atomic E-state index is 9.79. The summed E-state index contributed by atoms with van der Waals surface area (Å²) in [6.07, 6.45) is 2.09. The van der Waals surface area contributed by atoms with Gasteiger partial charge in [0.05, 0.1) is 17.8 Å². The highest BCUT2D eigenvalue weighted by atomic mass is 16.3. The molecule has 1 aliphatic carbocycles. The zero-order chi connectivity index (χ0) is 51.2. The van der Waals surface area contributed by atoms with Crippen LogP contribution >= 0.6 is 0 Å². The van der Waals surface area contributed by atoms with Crippen LogP contribution in [0.2, 0.25) is 0 Å². The molecule has 284 valence electrons. The molecule has 0 radical (unpaired) electrons. The smallest absolute Gasteiger partial charge is 0.143 e. The van der Waals surface area contributed by atoms with Crippen LogP contribution in [0.3, 0.4) is 0 Å². The molecule has 1 aromatic heterocycles. The first-order valence-electron chi connectivity index (χ1n) is 26.5. The fraction of sp³-hybridized carbons (Fsp3) is 0.138. The number of hydrogen-bond donors (Lipinski definition) is 0. The Labute approximate surface area is 364 Å². The van der Waals surface area contributed by atoms with Gasteiger partial charge >= 0.3 is 0 Å². The molecule has 9 aromatic carbocycles. The van der Waals surface area contributed by atoms with Gasteiger partial charge in [-0.1, -0.05) is 185 Å². The molecule has 1 heteroatoms. The minimum atomic E-state index is -0.537. The second-order valence-corrected chi connectivity index (χ2v) is 16.9. The molecule has 0 amide bonds. The highest BCUT2D eigenvalue weighted by Gasteiger charge is 2.37. The van der Waals surface area contributed by atoms with E-state index in [2.05, 4.69) is 45.9 Å². The molecule has 0 aliphatic heterocycles. The summed E-state index contributed by atoms with van der Waals surface area (Å²) in [5, 5.41) is 1.93. The highest BCUT2D eigenvalue weighted by molar-refractivity contribution is 6.25. The van der Waals surface area contributed by atoms with Crippen LogP contribution in [0.4, 0.5) is 0 Å². The summed E-state index contributed by atoms with van der Waals surface area (Å²) in [6.45, 7) is 9.11. The highest BCUT2D eigenvalue weighted by Crippen LogP contribution is 2.51. The van der Waals surface area contributed by atoms with Crippen molar-refractivity contribution >= 4 is 43.3 Å². The van der Waals surface area contributed by atoms with Gasteiger partial charge in [-0.3, -0.25) is 0 Å². The second-order valence-electron chi connectivity index (χ2n) is 16.9. The zero-order valence-electron chi connectivity index (χ0n) is 46.1. The van der Waals surface area contributed by atoms with E-state index >= 15 is 0 Å². The summed E-state index contributed by atoms with van der Waals surface area (Å²) in [5.41, 5.74) is 6.83. The summed E-state index contributed by atoms with van der Waals surface area (Å²) >= 11 is 0. The Balaban J connectivity index is 1.28. The van der Waals surface area contributed by atoms with Crippen molar-refractivity contribution in [2.75, 3.05) is 0 Å². The van der Waals surface area contributed by atoms with Gasteiger partial charge in [-0.05, 0) is 125 Å². The predicted octanol–water partition coefficient (Wildman–Crippen LogP) is 16.6. The number of furan rings is 1. The van der Waals surface area contributed by atoms with Crippen molar-refractivity contribution in [1.29, 1.82) is 0 Å². The quantitative estimate of drug-likeness (QED) is 0.159. The molecule has 0 spiro atoms. The van der Waals surface area contributed by atoms with Crippen molar-refractivity contribution in [3.8, 4) is 55.8 Å². The predicted molar refractivity (Wildman–Crippen MR) is 251 cm³/mol. The molecule has 10 aromatic rings. The van der Waals surface area contributed by atoms with E-state index in [9.17, 15) is 5.48 Å². The SMILES string of the molecule is [2H]c1c([2H])c([2H])c(-c2ccc3ccc(-c4c5c([2H])c([2H])c([2H])c([2H])c5c(-c5c(-c6ccccc6)oc6ccc(-c7ccc8c(c7)C(C)(C)CCC8(C)C)cc56)c5c([2H])c([2H])c([2H])c([2H])c45)cc3c2)c([2H])c1[2H]. The van der Waals surface area contributed by atoms with Crippen molar-refractivity contribution in [1.82, 2.24) is 0 Å². The lowest BCUT2D eigenvalue weighted by Gasteiger charge is -2.42. The van der Waals surface area contributed by atoms with Gasteiger partial charge in [-0.15, -0.1) is 0 Å². The topological polar surface area (TPSA) is 13.1 Å². The van der Waals surface area contributed by atoms with E-state index in [1.54, 1.807) is 36.4 Å². The van der Waals surface area contributed by atoms with Crippen LogP contribution in [0, 0.1) is 0 Å². The second kappa shape index (κ2) is 13.4. The molecule has 0 unspecified atom stereocenters. The molecule has 0 N–H and O–H groups in total. The first-order chi connectivity index (χ1) is 34.1. The zero-order valence-corrected chi connectivity index (χ0v) is 33.1. The first kappa shape index (κ1) is 24.3. The largest absolute Gasteiger partial charge is 0.455 e. The maximum atomic E-state index is 9.79. The Hall–Kier alpha value is -6.70. The van der Waals surface area contributed by atoms with E-state index in [1.165, 1.54) is 11.1 Å². The van der Waals surface area contributed by atoms with Gasteiger partial charge in [0, 0.05) is 22.1 Å². The van der Waals surface area contributed by atoms with Crippen molar-refractivity contribution in [2.45, 2.75) is 51.4 Å². The lowest BCUT2D eigenvalue weighted by molar-refractivity contribution is 0.332. The lowest BCUT2D eigenvalue weighted by Crippen LogP contribution is -2.33. The van der Waals surface area contributed by atoms with E-state index in [4.69, 9.17) is 16.8 Å². The molecular weight excluding hydrogens is 713 g/mol. The Morgan fingerprint density at radius 1 is 0.407 bits per heavy atom. The molecular formula is C58H46O. The standard InChI is InChI=1S/C58H46O/c1-57(2)31-32-58(3,4)51-36-42(27-29-50(51)57)41-28-30-52-49(35-41)55(56(59-52)39-17-9-6-10-18-39)54-47-21-13-11-19-45(47)53(46-20-12-14-22-48(46)54)43-26-24-38-23-25-40(33-44(38)34-43)37-15-7-5-8-16-37/h5-30,33-36H,31-32H2,1-4H3/i5D,7D,8D,11D,12D,13D,14D,15D,16D,19D,20D,21D,22D. The van der Waals surface area contributed by atoms with Gasteiger partial charge in [-0.2, -0.15) is 0 Å². The third-order valence-corrected chi connectivity index (χ3v) is 12.5. The van der Waals surface area contributed by atoms with E-state index in [0.717, 1.165) is 24.0 Å². The summed E-state index contributed by atoms with van der Waals surface area (Å²) in [5.74, 6) is 0.345. The van der Waals surface area contributed by atoms with Gasteiger partial charge < -0.3 is 4.42 Å². The molecule has 0 atom stereocenters. The van der Waals surface area contributed by atoms with Gasteiger partial charge in [0.1, 0.15) is 11.3 Å². The average Bonchev–Trinajstić information content (AvgIpc) is 3.76. The molecule has 1 aliphatic rings. The van der Waals surface area contributed by atoms with E-state index in [-0.39, 0.29) is 61.2 Å². The first-order valence-corrected chi connectivity index (χ1v) is 20.0. The third-order valence-electron chi connectivity index (χ3n) is 12.5. The molecule has 1 heterocycles. The van der Waals surface area contributed by atoms with Crippen LogP contribution in [-0.2, 0) is 10.8 Å². The normalized spacial score (nSPS) is 17.7. The lowest BCUT2D eigenvalue weighted by atomic mass is 9.63. The van der Waals surface area contributed by atoms with Gasteiger partial charge in [-0.25, -0.2) is 0 Å². The van der Waals surface area contributed by atoms with Gasteiger partial charge in [0.15, 0.2) is 0 Å². The fourth-order valence-electron chi connectivity index (χ4n) is 9.20. The molecule has 0 fully saturated rings. The summed E-state index contributed by atoms with van der Waals surface area (Å²) in [7, 11) is 0. The third kappa shape index (κ3) is 5.83.